The topological polar surface area (TPSA) is 75.9 Å². The first-order chi connectivity index (χ1) is 12.6. The van der Waals surface area contributed by atoms with Gasteiger partial charge in [-0.2, -0.15) is 5.10 Å². The van der Waals surface area contributed by atoms with Gasteiger partial charge in [-0.3, -0.25) is 9.48 Å². The molecule has 0 saturated carbocycles. The Balaban J connectivity index is 1.70. The smallest absolute Gasteiger partial charge is 0.270 e. The highest BCUT2D eigenvalue weighted by Gasteiger charge is 2.18. The minimum absolute atomic E-state index is 0.148. The molecule has 0 spiro atoms. The molecular formula is C19H28N6O. The summed E-state index contributed by atoms with van der Waals surface area (Å²) in [6.45, 7) is 5.98. The Morgan fingerprint density at radius 1 is 1.19 bits per heavy atom. The lowest BCUT2D eigenvalue weighted by Gasteiger charge is -2.25. The van der Waals surface area contributed by atoms with E-state index in [0.29, 0.717) is 5.69 Å². The number of nitrogens with zero attached hydrogens (tertiary/aromatic N) is 5. The number of anilines is 1. The molecule has 140 valence electrons. The van der Waals surface area contributed by atoms with Crippen molar-refractivity contribution in [2.45, 2.75) is 52.0 Å². The lowest BCUT2D eigenvalue weighted by atomic mass is 10.1. The second-order valence-corrected chi connectivity index (χ2v) is 7.00. The van der Waals surface area contributed by atoms with Crippen LogP contribution in [0.4, 0.5) is 5.95 Å². The molecule has 26 heavy (non-hydrogen) atoms. The van der Waals surface area contributed by atoms with Gasteiger partial charge in [-0.05, 0) is 32.8 Å². The molecule has 0 bridgehead atoms. The molecule has 1 aliphatic rings. The Morgan fingerprint density at radius 3 is 2.50 bits per heavy atom. The third kappa shape index (κ3) is 4.20. The predicted octanol–water partition coefficient (Wildman–Crippen LogP) is 2.78. The molecule has 7 heteroatoms. The van der Waals surface area contributed by atoms with E-state index in [1.165, 1.54) is 32.1 Å². The molecule has 3 heterocycles. The average molecular weight is 356 g/mol. The number of aromatic nitrogens is 4. The number of carbonyl (C=O) groups excluding carboxylic acids is 1. The van der Waals surface area contributed by atoms with Gasteiger partial charge >= 0.3 is 0 Å². The standard InChI is InChI=1S/C19H28N6O/c1-14(22-18(26)17-9-10-21-24(17)3)16-13-20-19(23-15(16)2)25-11-7-5-4-6-8-12-25/h9-10,13-14H,4-8,11-12H2,1-3H3,(H,22,26)/t14-/m0/s1. The van der Waals surface area contributed by atoms with Crippen molar-refractivity contribution in [3.63, 3.8) is 0 Å². The Morgan fingerprint density at radius 2 is 1.88 bits per heavy atom. The van der Waals surface area contributed by atoms with Crippen molar-refractivity contribution in [2.75, 3.05) is 18.0 Å². The minimum atomic E-state index is -0.168. The molecule has 0 aromatic carbocycles. The number of nitrogens with one attached hydrogen (secondary N) is 1. The Labute approximate surface area is 154 Å². The predicted molar refractivity (Wildman–Crippen MR) is 101 cm³/mol. The van der Waals surface area contributed by atoms with Gasteiger partial charge in [-0.1, -0.05) is 19.3 Å². The van der Waals surface area contributed by atoms with E-state index in [2.05, 4.69) is 20.3 Å². The molecule has 0 aliphatic carbocycles. The number of hydrogen-bond acceptors (Lipinski definition) is 5. The van der Waals surface area contributed by atoms with Gasteiger partial charge in [0.2, 0.25) is 5.95 Å². The van der Waals surface area contributed by atoms with Crippen molar-refractivity contribution < 1.29 is 4.79 Å². The van der Waals surface area contributed by atoms with Gasteiger partial charge < -0.3 is 10.2 Å². The number of hydrogen-bond donors (Lipinski definition) is 1. The van der Waals surface area contributed by atoms with Crippen LogP contribution in [0.3, 0.4) is 0 Å². The molecule has 2 aromatic heterocycles. The zero-order chi connectivity index (χ0) is 18.5. The summed E-state index contributed by atoms with van der Waals surface area (Å²) >= 11 is 0. The van der Waals surface area contributed by atoms with Crippen LogP contribution in [0.2, 0.25) is 0 Å². The summed E-state index contributed by atoms with van der Waals surface area (Å²) in [6, 6.07) is 1.54. The van der Waals surface area contributed by atoms with Gasteiger partial charge in [0.05, 0.1) is 6.04 Å². The zero-order valence-electron chi connectivity index (χ0n) is 15.9. The average Bonchev–Trinajstić information content (AvgIpc) is 3.00. The highest BCUT2D eigenvalue weighted by atomic mass is 16.2. The van der Waals surface area contributed by atoms with Crippen LogP contribution in [0.25, 0.3) is 0 Å². The quantitative estimate of drug-likeness (QED) is 0.912. The van der Waals surface area contributed by atoms with Crippen LogP contribution in [0.1, 0.15) is 66.8 Å². The molecule has 1 amide bonds. The van der Waals surface area contributed by atoms with Crippen LogP contribution in [-0.2, 0) is 7.05 Å². The van der Waals surface area contributed by atoms with E-state index in [1.807, 2.05) is 20.0 Å². The van der Waals surface area contributed by atoms with Crippen LogP contribution in [-0.4, -0.2) is 38.7 Å². The Hall–Kier alpha value is -2.44. The van der Waals surface area contributed by atoms with Crippen LogP contribution in [0, 0.1) is 6.92 Å². The summed E-state index contributed by atoms with van der Waals surface area (Å²) in [6.07, 6.45) is 9.76. The lowest BCUT2D eigenvalue weighted by molar-refractivity contribution is 0.0930. The molecule has 1 saturated heterocycles. The van der Waals surface area contributed by atoms with Gasteiger partial charge in [0.1, 0.15) is 5.69 Å². The van der Waals surface area contributed by atoms with E-state index in [-0.39, 0.29) is 11.9 Å². The highest BCUT2D eigenvalue weighted by Crippen LogP contribution is 2.20. The summed E-state index contributed by atoms with van der Waals surface area (Å²) in [5, 5.41) is 7.04. The van der Waals surface area contributed by atoms with Crippen LogP contribution >= 0.6 is 0 Å². The summed E-state index contributed by atoms with van der Waals surface area (Å²) in [7, 11) is 1.76. The first-order valence-corrected chi connectivity index (χ1v) is 9.43. The fourth-order valence-corrected chi connectivity index (χ4v) is 3.43. The Kier molecular flexibility index (Phi) is 5.85. The van der Waals surface area contributed by atoms with Crippen LogP contribution < -0.4 is 10.2 Å². The van der Waals surface area contributed by atoms with E-state index in [4.69, 9.17) is 4.98 Å². The summed E-state index contributed by atoms with van der Waals surface area (Å²) in [5.41, 5.74) is 2.39. The number of rotatable bonds is 4. The fourth-order valence-electron chi connectivity index (χ4n) is 3.43. The SMILES string of the molecule is Cc1nc(N2CCCCCCC2)ncc1[C@H](C)NC(=O)c1ccnn1C. The molecule has 1 fully saturated rings. The van der Waals surface area contributed by atoms with Gasteiger partial charge in [-0.15, -0.1) is 0 Å². The summed E-state index contributed by atoms with van der Waals surface area (Å²) in [5.74, 6) is 0.656. The second kappa shape index (κ2) is 8.29. The Bertz CT molecular complexity index is 748. The van der Waals surface area contributed by atoms with E-state index in [0.717, 1.165) is 30.3 Å². The first kappa shape index (κ1) is 18.4. The monoisotopic (exact) mass is 356 g/mol. The largest absolute Gasteiger partial charge is 0.344 e. The maximum absolute atomic E-state index is 12.4. The van der Waals surface area contributed by atoms with Gasteiger partial charge in [-0.25, -0.2) is 9.97 Å². The van der Waals surface area contributed by atoms with Crippen molar-refractivity contribution >= 4 is 11.9 Å². The number of amides is 1. The van der Waals surface area contributed by atoms with Gasteiger partial charge in [0.15, 0.2) is 0 Å². The first-order valence-electron chi connectivity index (χ1n) is 9.43. The normalized spacial score (nSPS) is 16.7. The van der Waals surface area contributed by atoms with Crippen molar-refractivity contribution in [2.24, 2.45) is 7.05 Å². The zero-order valence-corrected chi connectivity index (χ0v) is 15.9. The summed E-state index contributed by atoms with van der Waals surface area (Å²) in [4.78, 5) is 24.0. The third-order valence-electron chi connectivity index (χ3n) is 5.01. The van der Waals surface area contributed by atoms with E-state index < -0.39 is 0 Å². The van der Waals surface area contributed by atoms with Gasteiger partial charge in [0.25, 0.3) is 5.91 Å². The maximum atomic E-state index is 12.4. The highest BCUT2D eigenvalue weighted by molar-refractivity contribution is 5.92. The van der Waals surface area contributed by atoms with Crippen molar-refractivity contribution in [1.29, 1.82) is 0 Å². The molecule has 0 radical (unpaired) electrons. The van der Waals surface area contributed by atoms with E-state index >= 15 is 0 Å². The maximum Gasteiger partial charge on any atom is 0.270 e. The lowest BCUT2D eigenvalue weighted by Crippen LogP contribution is -2.31. The molecule has 3 rings (SSSR count). The van der Waals surface area contributed by atoms with Crippen LogP contribution in [0.5, 0.6) is 0 Å². The number of carbonyl (C=O) groups is 1. The molecule has 1 aliphatic heterocycles. The third-order valence-corrected chi connectivity index (χ3v) is 5.01. The van der Waals surface area contributed by atoms with E-state index in [9.17, 15) is 4.79 Å². The van der Waals surface area contributed by atoms with Crippen molar-refractivity contribution in [1.82, 2.24) is 25.1 Å². The minimum Gasteiger partial charge on any atom is -0.344 e. The summed E-state index contributed by atoms with van der Waals surface area (Å²) < 4.78 is 1.57. The van der Waals surface area contributed by atoms with Gasteiger partial charge in [0, 0.05) is 43.8 Å². The molecule has 7 nitrogen and oxygen atoms in total. The number of aryl methyl sites for hydroxylation is 2. The molecule has 2 aromatic rings. The molecule has 0 unspecified atom stereocenters. The second-order valence-electron chi connectivity index (χ2n) is 7.00. The molecular weight excluding hydrogens is 328 g/mol. The molecule has 1 atom stereocenters. The fraction of sp³-hybridized carbons (Fsp3) is 0.579. The molecule has 1 N–H and O–H groups in total. The van der Waals surface area contributed by atoms with E-state index in [1.54, 1.807) is 24.0 Å². The van der Waals surface area contributed by atoms with Crippen molar-refractivity contribution in [3.8, 4) is 0 Å². The van der Waals surface area contributed by atoms with Crippen LogP contribution in [0.15, 0.2) is 18.5 Å². The van der Waals surface area contributed by atoms with Crippen molar-refractivity contribution in [3.05, 3.63) is 35.4 Å².